The zero-order valence-corrected chi connectivity index (χ0v) is 13.3. The maximum atomic E-state index is 12.2. The molecule has 1 aromatic rings. The summed E-state index contributed by atoms with van der Waals surface area (Å²) in [5.41, 5.74) is 0.955. The van der Waals surface area contributed by atoms with E-state index in [-0.39, 0.29) is 12.5 Å². The Hall–Kier alpha value is -1.30. The van der Waals surface area contributed by atoms with Gasteiger partial charge in [-0.2, -0.15) is 0 Å². The average Bonchev–Trinajstić information content (AvgIpc) is 2.47. The number of halogens is 1. The standard InChI is InChI=1S/C15H22ClN3O2/c1-17-10-12-4-3-5-13(16)15(12)21-11-14(20)19-8-6-18(2)7-9-19/h3-5,17H,6-11H2,1-2H3. The number of likely N-dealkylation sites (N-methyl/N-ethyl adjacent to an activating group) is 1. The van der Waals surface area contributed by atoms with Crippen LogP contribution in [0.3, 0.4) is 0 Å². The van der Waals surface area contributed by atoms with E-state index in [9.17, 15) is 4.79 Å². The lowest BCUT2D eigenvalue weighted by atomic mass is 10.2. The van der Waals surface area contributed by atoms with E-state index in [1.54, 1.807) is 6.07 Å². The Labute approximate surface area is 130 Å². The maximum Gasteiger partial charge on any atom is 0.260 e. The van der Waals surface area contributed by atoms with Crippen LogP contribution < -0.4 is 10.1 Å². The van der Waals surface area contributed by atoms with Gasteiger partial charge in [0.25, 0.3) is 5.91 Å². The minimum atomic E-state index is 0.0124. The van der Waals surface area contributed by atoms with E-state index in [2.05, 4.69) is 17.3 Å². The lowest BCUT2D eigenvalue weighted by molar-refractivity contribution is -0.134. The first kappa shape index (κ1) is 16.1. The monoisotopic (exact) mass is 311 g/mol. The lowest BCUT2D eigenvalue weighted by Crippen LogP contribution is -2.48. The molecule has 0 unspecified atom stereocenters. The Kier molecular flexibility index (Phi) is 5.85. The molecule has 1 aliphatic rings. The second-order valence-electron chi connectivity index (χ2n) is 5.23. The van der Waals surface area contributed by atoms with Crippen LogP contribution in [-0.2, 0) is 11.3 Å². The first-order chi connectivity index (χ1) is 10.1. The summed E-state index contributed by atoms with van der Waals surface area (Å²) in [6, 6.07) is 5.60. The van der Waals surface area contributed by atoms with Crippen LogP contribution >= 0.6 is 11.6 Å². The number of hydrogen-bond donors (Lipinski definition) is 1. The molecule has 0 spiro atoms. The smallest absolute Gasteiger partial charge is 0.260 e. The number of carbonyl (C=O) groups is 1. The molecule has 1 heterocycles. The highest BCUT2D eigenvalue weighted by molar-refractivity contribution is 6.32. The SMILES string of the molecule is CNCc1cccc(Cl)c1OCC(=O)N1CCN(C)CC1. The molecule has 2 rings (SSSR count). The number of ether oxygens (including phenoxy) is 1. The molecule has 0 aliphatic carbocycles. The molecule has 116 valence electrons. The summed E-state index contributed by atoms with van der Waals surface area (Å²) in [5.74, 6) is 0.606. The number of nitrogens with zero attached hydrogens (tertiary/aromatic N) is 2. The van der Waals surface area contributed by atoms with E-state index in [1.165, 1.54) is 0 Å². The van der Waals surface area contributed by atoms with E-state index in [4.69, 9.17) is 16.3 Å². The van der Waals surface area contributed by atoms with Gasteiger partial charge in [-0.1, -0.05) is 23.7 Å². The molecule has 0 saturated carbocycles. The minimum absolute atomic E-state index is 0.0124. The highest BCUT2D eigenvalue weighted by Crippen LogP contribution is 2.28. The van der Waals surface area contributed by atoms with Gasteiger partial charge in [0, 0.05) is 38.3 Å². The molecule has 0 bridgehead atoms. The summed E-state index contributed by atoms with van der Waals surface area (Å²) in [6.45, 7) is 4.00. The van der Waals surface area contributed by atoms with Crippen LogP contribution in [0.15, 0.2) is 18.2 Å². The average molecular weight is 312 g/mol. The predicted molar refractivity (Wildman–Crippen MR) is 83.8 cm³/mol. The fourth-order valence-corrected chi connectivity index (χ4v) is 2.57. The van der Waals surface area contributed by atoms with Crippen molar-refractivity contribution in [2.75, 3.05) is 46.9 Å². The Bertz CT molecular complexity index is 488. The van der Waals surface area contributed by atoms with Crippen molar-refractivity contribution in [1.29, 1.82) is 0 Å². The van der Waals surface area contributed by atoms with Gasteiger partial charge in [0.15, 0.2) is 6.61 Å². The first-order valence-electron chi connectivity index (χ1n) is 7.13. The summed E-state index contributed by atoms with van der Waals surface area (Å²) in [4.78, 5) is 16.2. The molecular weight excluding hydrogens is 290 g/mol. The molecule has 1 aliphatic heterocycles. The van der Waals surface area contributed by atoms with E-state index in [0.29, 0.717) is 17.3 Å². The molecule has 1 aromatic carbocycles. The number of para-hydroxylation sites is 1. The zero-order valence-electron chi connectivity index (χ0n) is 12.6. The van der Waals surface area contributed by atoms with Crippen molar-refractivity contribution in [1.82, 2.24) is 15.1 Å². The molecule has 1 amide bonds. The van der Waals surface area contributed by atoms with Gasteiger partial charge in [0.1, 0.15) is 5.75 Å². The van der Waals surface area contributed by atoms with Gasteiger partial charge in [-0.25, -0.2) is 0 Å². The van der Waals surface area contributed by atoms with Crippen molar-refractivity contribution in [3.05, 3.63) is 28.8 Å². The Morgan fingerprint density at radius 2 is 2.05 bits per heavy atom. The molecule has 0 radical (unpaired) electrons. The molecule has 1 fully saturated rings. The normalized spacial score (nSPS) is 16.0. The van der Waals surface area contributed by atoms with Crippen molar-refractivity contribution in [2.24, 2.45) is 0 Å². The first-order valence-corrected chi connectivity index (χ1v) is 7.50. The summed E-state index contributed by atoms with van der Waals surface area (Å²) < 4.78 is 5.69. The fraction of sp³-hybridized carbons (Fsp3) is 0.533. The van der Waals surface area contributed by atoms with Gasteiger partial charge < -0.3 is 19.9 Å². The Morgan fingerprint density at radius 1 is 1.33 bits per heavy atom. The highest BCUT2D eigenvalue weighted by Gasteiger charge is 2.20. The van der Waals surface area contributed by atoms with Gasteiger partial charge in [0.2, 0.25) is 0 Å². The third-order valence-electron chi connectivity index (χ3n) is 3.61. The zero-order chi connectivity index (χ0) is 15.2. The van der Waals surface area contributed by atoms with Gasteiger partial charge >= 0.3 is 0 Å². The molecule has 1 saturated heterocycles. The lowest BCUT2D eigenvalue weighted by Gasteiger charge is -2.32. The Morgan fingerprint density at radius 3 is 2.71 bits per heavy atom. The Balaban J connectivity index is 1.95. The van der Waals surface area contributed by atoms with Crippen LogP contribution in [0.1, 0.15) is 5.56 Å². The van der Waals surface area contributed by atoms with Crippen molar-refractivity contribution < 1.29 is 9.53 Å². The van der Waals surface area contributed by atoms with E-state index in [1.807, 2.05) is 24.1 Å². The molecule has 21 heavy (non-hydrogen) atoms. The van der Waals surface area contributed by atoms with Gasteiger partial charge in [0.05, 0.1) is 5.02 Å². The molecule has 5 nitrogen and oxygen atoms in total. The van der Waals surface area contributed by atoms with Gasteiger partial charge in [-0.05, 0) is 20.2 Å². The number of amides is 1. The largest absolute Gasteiger partial charge is 0.482 e. The predicted octanol–water partition coefficient (Wildman–Crippen LogP) is 1.21. The summed E-state index contributed by atoms with van der Waals surface area (Å²) in [6.07, 6.45) is 0. The number of rotatable bonds is 5. The van der Waals surface area contributed by atoms with Crippen molar-refractivity contribution in [3.63, 3.8) is 0 Å². The molecule has 0 atom stereocenters. The molecular formula is C15H22ClN3O2. The van der Waals surface area contributed by atoms with Gasteiger partial charge in [-0.15, -0.1) is 0 Å². The fourth-order valence-electron chi connectivity index (χ4n) is 2.33. The van der Waals surface area contributed by atoms with Crippen LogP contribution in [-0.4, -0.2) is 62.6 Å². The minimum Gasteiger partial charge on any atom is -0.482 e. The maximum absolute atomic E-state index is 12.2. The second kappa shape index (κ2) is 7.64. The number of nitrogens with one attached hydrogen (secondary N) is 1. The second-order valence-corrected chi connectivity index (χ2v) is 5.64. The molecule has 1 N–H and O–H groups in total. The summed E-state index contributed by atoms with van der Waals surface area (Å²) in [5, 5.41) is 3.60. The number of benzene rings is 1. The van der Waals surface area contributed by atoms with E-state index < -0.39 is 0 Å². The van der Waals surface area contributed by atoms with Crippen LogP contribution in [0.2, 0.25) is 5.02 Å². The highest BCUT2D eigenvalue weighted by atomic mass is 35.5. The molecule has 6 heteroatoms. The number of carbonyl (C=O) groups excluding carboxylic acids is 1. The van der Waals surface area contributed by atoms with Crippen LogP contribution in [0.25, 0.3) is 0 Å². The quantitative estimate of drug-likeness (QED) is 0.888. The third-order valence-corrected chi connectivity index (χ3v) is 3.91. The molecule has 0 aromatic heterocycles. The topological polar surface area (TPSA) is 44.8 Å². The number of piperazine rings is 1. The summed E-state index contributed by atoms with van der Waals surface area (Å²) >= 11 is 6.17. The van der Waals surface area contributed by atoms with Crippen molar-refractivity contribution in [3.8, 4) is 5.75 Å². The van der Waals surface area contributed by atoms with Crippen LogP contribution in [0, 0.1) is 0 Å². The van der Waals surface area contributed by atoms with Crippen molar-refractivity contribution >= 4 is 17.5 Å². The number of hydrogen-bond acceptors (Lipinski definition) is 4. The summed E-state index contributed by atoms with van der Waals surface area (Å²) in [7, 11) is 3.92. The van der Waals surface area contributed by atoms with E-state index >= 15 is 0 Å². The van der Waals surface area contributed by atoms with Crippen LogP contribution in [0.5, 0.6) is 5.75 Å². The van der Waals surface area contributed by atoms with Crippen molar-refractivity contribution in [2.45, 2.75) is 6.54 Å². The van der Waals surface area contributed by atoms with Crippen LogP contribution in [0.4, 0.5) is 0 Å². The third kappa shape index (κ3) is 4.33. The van der Waals surface area contributed by atoms with E-state index in [0.717, 1.165) is 31.7 Å². The van der Waals surface area contributed by atoms with Gasteiger partial charge in [-0.3, -0.25) is 4.79 Å².